The highest BCUT2D eigenvalue weighted by molar-refractivity contribution is 6.25. The fourth-order valence-electron chi connectivity index (χ4n) is 10.5. The molecule has 308 valence electrons. The van der Waals surface area contributed by atoms with Crippen LogP contribution in [-0.2, 0) is 10.8 Å². The van der Waals surface area contributed by atoms with E-state index in [0.29, 0.717) is 0 Å². The summed E-state index contributed by atoms with van der Waals surface area (Å²) in [7, 11) is 0. The van der Waals surface area contributed by atoms with Crippen molar-refractivity contribution in [3.8, 4) is 33.8 Å². The van der Waals surface area contributed by atoms with Gasteiger partial charge >= 0.3 is 0 Å². The third-order valence-electron chi connectivity index (χ3n) is 13.8. The van der Waals surface area contributed by atoms with Crippen molar-refractivity contribution in [3.63, 3.8) is 0 Å². The number of anilines is 6. The lowest BCUT2D eigenvalue weighted by Crippen LogP contribution is -2.16. The summed E-state index contributed by atoms with van der Waals surface area (Å²) in [5.41, 5.74) is 15.5. The molecule has 12 rings (SSSR count). The lowest BCUT2D eigenvalue weighted by molar-refractivity contribution is 0.487. The highest BCUT2D eigenvalue weighted by atomic mass is 16.5. The number of para-hydroxylation sites is 2. The molecule has 64 heavy (non-hydrogen) atoms. The molecule has 0 saturated heterocycles. The first-order valence-electron chi connectivity index (χ1n) is 22.4. The number of nitrogens with zero attached hydrogens (tertiary/aromatic N) is 2. The molecule has 3 nitrogen and oxygen atoms in total. The molecule has 0 spiro atoms. The van der Waals surface area contributed by atoms with Gasteiger partial charge in [-0.2, -0.15) is 0 Å². The number of fused-ring (bicyclic) bond motifs is 9. The topological polar surface area (TPSA) is 15.7 Å². The number of hydrogen-bond donors (Lipinski definition) is 0. The van der Waals surface area contributed by atoms with Gasteiger partial charge in [0, 0.05) is 56.3 Å². The van der Waals surface area contributed by atoms with Crippen LogP contribution in [0.3, 0.4) is 0 Å². The average Bonchev–Trinajstić information content (AvgIpc) is 3.55. The quantitative estimate of drug-likeness (QED) is 0.155. The van der Waals surface area contributed by atoms with Gasteiger partial charge in [0.1, 0.15) is 11.5 Å². The molecule has 10 aromatic carbocycles. The van der Waals surface area contributed by atoms with Crippen molar-refractivity contribution >= 4 is 66.4 Å². The predicted molar refractivity (Wildman–Crippen MR) is 270 cm³/mol. The van der Waals surface area contributed by atoms with E-state index in [1.54, 1.807) is 0 Å². The van der Waals surface area contributed by atoms with Gasteiger partial charge in [-0.25, -0.2) is 0 Å². The summed E-state index contributed by atoms with van der Waals surface area (Å²) >= 11 is 0. The van der Waals surface area contributed by atoms with Crippen molar-refractivity contribution < 1.29 is 4.74 Å². The van der Waals surface area contributed by atoms with Crippen molar-refractivity contribution in [1.82, 2.24) is 0 Å². The molecule has 1 heterocycles. The first-order valence-corrected chi connectivity index (χ1v) is 22.4. The van der Waals surface area contributed by atoms with Crippen LogP contribution >= 0.6 is 0 Å². The van der Waals surface area contributed by atoms with E-state index >= 15 is 0 Å². The monoisotopic (exact) mass is 824 g/mol. The summed E-state index contributed by atoms with van der Waals surface area (Å²) in [6.07, 6.45) is 0. The number of rotatable bonds is 6. The summed E-state index contributed by atoms with van der Waals surface area (Å²) < 4.78 is 7.02. The number of ether oxygens (including phenoxy) is 1. The van der Waals surface area contributed by atoms with E-state index in [0.717, 1.165) is 56.6 Å². The van der Waals surface area contributed by atoms with Crippen LogP contribution in [-0.4, -0.2) is 0 Å². The molecule has 3 heteroatoms. The second-order valence-corrected chi connectivity index (χ2v) is 19.0. The van der Waals surface area contributed by atoms with Crippen LogP contribution in [0.5, 0.6) is 11.5 Å². The van der Waals surface area contributed by atoms with Gasteiger partial charge < -0.3 is 14.5 Å². The van der Waals surface area contributed by atoms with Gasteiger partial charge in [-0.3, -0.25) is 0 Å². The van der Waals surface area contributed by atoms with Crippen molar-refractivity contribution in [2.24, 2.45) is 0 Å². The fraction of sp³-hybridized carbons (Fsp3) is 0.115. The Balaban J connectivity index is 1.03. The minimum absolute atomic E-state index is 0.0573. The van der Waals surface area contributed by atoms with Crippen molar-refractivity contribution in [2.45, 2.75) is 45.4 Å². The molecule has 0 bridgehead atoms. The van der Waals surface area contributed by atoms with Crippen molar-refractivity contribution in [2.75, 3.05) is 9.80 Å². The molecule has 0 amide bonds. The van der Waals surface area contributed by atoms with E-state index < -0.39 is 0 Å². The maximum absolute atomic E-state index is 7.02. The standard InChI is InChI=1S/C61H48N2O/c1-60(2,3)39-27-29-42(30-28-39)63(41-19-10-7-11-20-41)56-38-52-50-24-16-26-57-59(50)53(37-51(52)45-21-12-13-23-48(45)56)49-34-32-44(36-58(49)64-57)62(40-17-8-6-9-18-40)43-31-33-47-46-22-14-15-25-54(46)61(4,5)55(47)35-43/h6-38H,1-5H3. The Labute approximate surface area is 375 Å². The normalized spacial score (nSPS) is 13.3. The van der Waals surface area contributed by atoms with Gasteiger partial charge in [0.05, 0.1) is 5.69 Å². The highest BCUT2D eigenvalue weighted by Gasteiger charge is 2.36. The zero-order valence-electron chi connectivity index (χ0n) is 36.9. The zero-order valence-corrected chi connectivity index (χ0v) is 36.9. The molecular weight excluding hydrogens is 777 g/mol. The van der Waals surface area contributed by atoms with Gasteiger partial charge in [0.25, 0.3) is 0 Å². The second kappa shape index (κ2) is 14.2. The van der Waals surface area contributed by atoms with Crippen LogP contribution < -0.4 is 14.5 Å². The molecule has 0 radical (unpaired) electrons. The average molecular weight is 825 g/mol. The third kappa shape index (κ3) is 5.88. The van der Waals surface area contributed by atoms with Gasteiger partial charge in [-0.15, -0.1) is 0 Å². The lowest BCUT2D eigenvalue weighted by Gasteiger charge is -2.30. The molecule has 10 aromatic rings. The SMILES string of the molecule is CC(C)(C)c1ccc(N(c2ccccc2)c2cc3c4cccc5c4c(cc3c3ccccc23)-c2ccc(N(c3ccccc3)c3ccc4c(c3)C(C)(C)c3ccccc3-4)cc2O5)cc1. The smallest absolute Gasteiger partial charge is 0.137 e. The molecule has 0 atom stereocenters. The zero-order chi connectivity index (χ0) is 43.3. The Bertz CT molecular complexity index is 3470. The van der Waals surface area contributed by atoms with Crippen molar-refractivity contribution in [3.05, 3.63) is 217 Å². The van der Waals surface area contributed by atoms with Gasteiger partial charge in [-0.05, 0) is 139 Å². The summed E-state index contributed by atoms with van der Waals surface area (Å²) in [6.45, 7) is 11.5. The van der Waals surface area contributed by atoms with E-state index in [2.05, 4.69) is 245 Å². The molecule has 0 saturated carbocycles. The van der Waals surface area contributed by atoms with Gasteiger partial charge in [-0.1, -0.05) is 150 Å². The van der Waals surface area contributed by atoms with Crippen LogP contribution in [0.25, 0.3) is 54.6 Å². The van der Waals surface area contributed by atoms with Crippen LogP contribution in [0.4, 0.5) is 34.1 Å². The molecule has 1 aliphatic carbocycles. The van der Waals surface area contributed by atoms with Crippen LogP contribution in [0.1, 0.15) is 51.3 Å². The minimum atomic E-state index is -0.114. The van der Waals surface area contributed by atoms with E-state index in [9.17, 15) is 0 Å². The van der Waals surface area contributed by atoms with Crippen LogP contribution in [0, 0.1) is 0 Å². The molecule has 0 N–H and O–H groups in total. The maximum atomic E-state index is 7.02. The Hall–Kier alpha value is -7.62. The van der Waals surface area contributed by atoms with Gasteiger partial charge in [0.15, 0.2) is 0 Å². The lowest BCUT2D eigenvalue weighted by atomic mass is 9.82. The third-order valence-corrected chi connectivity index (χ3v) is 13.8. The highest BCUT2D eigenvalue weighted by Crippen LogP contribution is 2.54. The van der Waals surface area contributed by atoms with E-state index in [4.69, 9.17) is 4.74 Å². The largest absolute Gasteiger partial charge is 0.456 e. The number of benzene rings is 10. The summed E-state index contributed by atoms with van der Waals surface area (Å²) in [6, 6.07) is 73.3. The Morgan fingerprint density at radius 1 is 0.375 bits per heavy atom. The van der Waals surface area contributed by atoms with E-state index in [1.165, 1.54) is 60.3 Å². The first kappa shape index (κ1) is 38.1. The molecule has 0 aromatic heterocycles. The fourth-order valence-corrected chi connectivity index (χ4v) is 10.5. The molecule has 0 unspecified atom stereocenters. The Morgan fingerprint density at radius 3 is 1.67 bits per heavy atom. The summed E-state index contributed by atoms with van der Waals surface area (Å²) in [4.78, 5) is 4.78. The van der Waals surface area contributed by atoms with E-state index in [1.807, 2.05) is 0 Å². The Morgan fingerprint density at radius 2 is 0.938 bits per heavy atom. The minimum Gasteiger partial charge on any atom is -0.456 e. The maximum Gasteiger partial charge on any atom is 0.137 e. The van der Waals surface area contributed by atoms with Crippen LogP contribution in [0.2, 0.25) is 0 Å². The van der Waals surface area contributed by atoms with Crippen LogP contribution in [0.15, 0.2) is 200 Å². The predicted octanol–water partition coefficient (Wildman–Crippen LogP) is 17.5. The second-order valence-electron chi connectivity index (χ2n) is 19.0. The first-order chi connectivity index (χ1) is 31.1. The Kier molecular flexibility index (Phi) is 8.45. The van der Waals surface area contributed by atoms with Crippen molar-refractivity contribution in [1.29, 1.82) is 0 Å². The molecule has 1 aliphatic heterocycles. The summed E-state index contributed by atoms with van der Waals surface area (Å²) in [5.74, 6) is 1.72. The molecule has 0 fully saturated rings. The number of hydrogen-bond acceptors (Lipinski definition) is 3. The van der Waals surface area contributed by atoms with E-state index in [-0.39, 0.29) is 10.8 Å². The molecule has 2 aliphatic rings. The summed E-state index contributed by atoms with van der Waals surface area (Å²) in [5, 5.41) is 7.14. The molecular formula is C61H48N2O. The van der Waals surface area contributed by atoms with Gasteiger partial charge in [0.2, 0.25) is 0 Å².